The molecule has 0 aliphatic heterocycles. The predicted octanol–water partition coefficient (Wildman–Crippen LogP) is 0.621. The van der Waals surface area contributed by atoms with Crippen LogP contribution in [0.5, 0.6) is 5.75 Å². The predicted molar refractivity (Wildman–Crippen MR) is 53.5 cm³/mol. The fourth-order valence-corrected chi connectivity index (χ4v) is 1.20. The third-order valence-corrected chi connectivity index (χ3v) is 1.92. The molecule has 0 saturated carbocycles. The Labute approximate surface area is 84.7 Å². The Morgan fingerprint density at radius 2 is 2.33 bits per heavy atom. The van der Waals surface area contributed by atoms with E-state index in [0.717, 1.165) is 0 Å². The molecule has 0 atom stereocenters. The van der Waals surface area contributed by atoms with E-state index in [2.05, 4.69) is 10.2 Å². The first kappa shape index (κ1) is 9.32. The molecule has 0 unspecified atom stereocenters. The lowest BCUT2D eigenvalue weighted by Crippen LogP contribution is -1.93. The molecule has 3 N–H and O–H groups in total. The van der Waals surface area contributed by atoms with Crippen molar-refractivity contribution in [2.75, 3.05) is 12.8 Å². The number of nitrogen functional groups attached to an aromatic ring is 1. The van der Waals surface area contributed by atoms with Crippen LogP contribution >= 0.6 is 0 Å². The number of nitrogens with two attached hydrogens (primary N) is 1. The van der Waals surface area contributed by atoms with E-state index in [4.69, 9.17) is 14.9 Å². The summed E-state index contributed by atoms with van der Waals surface area (Å²) in [5.41, 5.74) is 6.78. The van der Waals surface area contributed by atoms with Gasteiger partial charge in [0.1, 0.15) is 5.75 Å². The number of rotatable bonds is 2. The lowest BCUT2D eigenvalue weighted by atomic mass is 10.2. The standard InChI is InChI=1S/C9H9N3O3/c1-14-7-4-5(2-3-6(7)10)8-11-12-9(13)15-8/h2-4H,10H2,1H3,(H,12,13). The van der Waals surface area contributed by atoms with E-state index < -0.39 is 5.76 Å². The van der Waals surface area contributed by atoms with Crippen molar-refractivity contribution < 1.29 is 9.15 Å². The van der Waals surface area contributed by atoms with Crippen LogP contribution in [0, 0.1) is 0 Å². The minimum absolute atomic E-state index is 0.207. The molecule has 78 valence electrons. The Bertz CT molecular complexity index is 529. The van der Waals surface area contributed by atoms with Gasteiger partial charge in [0.05, 0.1) is 12.8 Å². The summed E-state index contributed by atoms with van der Waals surface area (Å²) in [6.07, 6.45) is 0. The van der Waals surface area contributed by atoms with Gasteiger partial charge in [-0.3, -0.25) is 0 Å². The number of hydrogen-bond donors (Lipinski definition) is 2. The maximum Gasteiger partial charge on any atom is 0.434 e. The van der Waals surface area contributed by atoms with Crippen LogP contribution in [0.15, 0.2) is 27.4 Å². The van der Waals surface area contributed by atoms with Crippen molar-refractivity contribution in [3.05, 3.63) is 28.7 Å². The summed E-state index contributed by atoms with van der Waals surface area (Å²) in [5, 5.41) is 5.87. The van der Waals surface area contributed by atoms with E-state index >= 15 is 0 Å². The average molecular weight is 207 g/mol. The van der Waals surface area contributed by atoms with Crippen molar-refractivity contribution in [3.63, 3.8) is 0 Å². The second kappa shape index (κ2) is 3.49. The number of benzene rings is 1. The van der Waals surface area contributed by atoms with Gasteiger partial charge >= 0.3 is 5.76 Å². The molecule has 2 aromatic rings. The topological polar surface area (TPSA) is 94.1 Å². The Kier molecular flexibility index (Phi) is 2.17. The Morgan fingerprint density at radius 1 is 1.53 bits per heavy atom. The zero-order valence-corrected chi connectivity index (χ0v) is 7.98. The number of hydrogen-bond acceptors (Lipinski definition) is 5. The molecule has 1 heterocycles. The van der Waals surface area contributed by atoms with Gasteiger partial charge in [0, 0.05) is 5.56 Å². The van der Waals surface area contributed by atoms with Gasteiger partial charge in [-0.15, -0.1) is 5.10 Å². The molecule has 0 aliphatic rings. The van der Waals surface area contributed by atoms with Gasteiger partial charge in [0.25, 0.3) is 0 Å². The smallest absolute Gasteiger partial charge is 0.434 e. The minimum atomic E-state index is -0.596. The van der Waals surface area contributed by atoms with Gasteiger partial charge in [0.2, 0.25) is 5.89 Å². The zero-order chi connectivity index (χ0) is 10.8. The molecule has 6 heteroatoms. The molecule has 6 nitrogen and oxygen atoms in total. The molecule has 2 rings (SSSR count). The highest BCUT2D eigenvalue weighted by Gasteiger charge is 2.07. The number of aromatic amines is 1. The fourth-order valence-electron chi connectivity index (χ4n) is 1.20. The molecule has 0 saturated heterocycles. The first-order chi connectivity index (χ1) is 7.20. The average Bonchev–Trinajstić information content (AvgIpc) is 2.66. The highest BCUT2D eigenvalue weighted by Crippen LogP contribution is 2.26. The minimum Gasteiger partial charge on any atom is -0.495 e. The first-order valence-electron chi connectivity index (χ1n) is 4.20. The highest BCUT2D eigenvalue weighted by atomic mass is 16.5. The van der Waals surface area contributed by atoms with Crippen molar-refractivity contribution in [1.82, 2.24) is 10.2 Å². The van der Waals surface area contributed by atoms with Crippen LogP contribution in [0.2, 0.25) is 0 Å². The van der Waals surface area contributed by atoms with Crippen LogP contribution in [-0.4, -0.2) is 17.3 Å². The number of methoxy groups -OCH3 is 1. The lowest BCUT2D eigenvalue weighted by Gasteiger charge is -2.04. The van der Waals surface area contributed by atoms with Crippen LogP contribution in [0.4, 0.5) is 5.69 Å². The molecule has 1 aromatic carbocycles. The molecule has 0 fully saturated rings. The summed E-state index contributed by atoms with van der Waals surface area (Å²) in [5.74, 6) is 0.122. The van der Waals surface area contributed by atoms with Gasteiger partial charge in [-0.2, -0.15) is 0 Å². The van der Waals surface area contributed by atoms with Crippen molar-refractivity contribution in [3.8, 4) is 17.2 Å². The third-order valence-electron chi connectivity index (χ3n) is 1.92. The summed E-state index contributed by atoms with van der Waals surface area (Å²) in [6, 6.07) is 4.99. The number of aromatic nitrogens is 2. The van der Waals surface area contributed by atoms with E-state index in [1.807, 2.05) is 0 Å². The number of nitrogens with zero attached hydrogens (tertiary/aromatic N) is 1. The maximum atomic E-state index is 10.7. The van der Waals surface area contributed by atoms with Crippen molar-refractivity contribution in [2.24, 2.45) is 0 Å². The maximum absolute atomic E-state index is 10.7. The first-order valence-corrected chi connectivity index (χ1v) is 4.20. The summed E-state index contributed by atoms with van der Waals surface area (Å²) in [6.45, 7) is 0. The van der Waals surface area contributed by atoms with Crippen molar-refractivity contribution >= 4 is 5.69 Å². The lowest BCUT2D eigenvalue weighted by molar-refractivity contribution is 0.417. The largest absolute Gasteiger partial charge is 0.495 e. The Morgan fingerprint density at radius 3 is 2.93 bits per heavy atom. The van der Waals surface area contributed by atoms with Gasteiger partial charge in [-0.05, 0) is 18.2 Å². The summed E-state index contributed by atoms with van der Waals surface area (Å²) < 4.78 is 9.82. The van der Waals surface area contributed by atoms with E-state index in [9.17, 15) is 4.79 Å². The zero-order valence-electron chi connectivity index (χ0n) is 7.98. The quantitative estimate of drug-likeness (QED) is 0.704. The molecular formula is C9H9N3O3. The number of anilines is 1. The van der Waals surface area contributed by atoms with Crippen LogP contribution < -0.4 is 16.2 Å². The second-order valence-corrected chi connectivity index (χ2v) is 2.88. The molecule has 0 amide bonds. The van der Waals surface area contributed by atoms with Gasteiger partial charge < -0.3 is 14.9 Å². The van der Waals surface area contributed by atoms with E-state index in [0.29, 0.717) is 17.0 Å². The molecular weight excluding hydrogens is 198 g/mol. The SMILES string of the molecule is COc1cc(-c2n[nH]c(=O)o2)ccc1N. The Balaban J connectivity index is 2.50. The third kappa shape index (κ3) is 1.69. The highest BCUT2D eigenvalue weighted by molar-refractivity contribution is 5.64. The van der Waals surface area contributed by atoms with Crippen LogP contribution in [0.25, 0.3) is 11.5 Å². The Hall–Kier alpha value is -2.24. The van der Waals surface area contributed by atoms with Gasteiger partial charge in [0.15, 0.2) is 0 Å². The summed E-state index contributed by atoms with van der Waals surface area (Å²) in [7, 11) is 1.51. The van der Waals surface area contributed by atoms with E-state index in [1.165, 1.54) is 7.11 Å². The van der Waals surface area contributed by atoms with Crippen LogP contribution in [-0.2, 0) is 0 Å². The van der Waals surface area contributed by atoms with Gasteiger partial charge in [-0.25, -0.2) is 9.89 Å². The van der Waals surface area contributed by atoms with Crippen LogP contribution in [0.3, 0.4) is 0 Å². The monoisotopic (exact) mass is 207 g/mol. The molecule has 0 radical (unpaired) electrons. The van der Waals surface area contributed by atoms with Crippen LogP contribution in [0.1, 0.15) is 0 Å². The van der Waals surface area contributed by atoms with Crippen molar-refractivity contribution in [1.29, 1.82) is 0 Å². The van der Waals surface area contributed by atoms with E-state index in [1.54, 1.807) is 18.2 Å². The second-order valence-electron chi connectivity index (χ2n) is 2.88. The molecule has 0 spiro atoms. The molecule has 15 heavy (non-hydrogen) atoms. The summed E-state index contributed by atoms with van der Waals surface area (Å²) >= 11 is 0. The van der Waals surface area contributed by atoms with E-state index in [-0.39, 0.29) is 5.89 Å². The summed E-state index contributed by atoms with van der Waals surface area (Å²) in [4.78, 5) is 10.7. The molecule has 0 bridgehead atoms. The van der Waals surface area contributed by atoms with Crippen molar-refractivity contribution in [2.45, 2.75) is 0 Å². The fraction of sp³-hybridized carbons (Fsp3) is 0.111. The molecule has 1 aromatic heterocycles. The number of nitrogens with one attached hydrogen (secondary N) is 1. The normalized spacial score (nSPS) is 10.2. The number of ether oxygens (including phenoxy) is 1. The molecule has 0 aliphatic carbocycles. The van der Waals surface area contributed by atoms with Gasteiger partial charge in [-0.1, -0.05) is 0 Å². The number of H-pyrrole nitrogens is 1.